The molecule has 1 aromatic carbocycles. The van der Waals surface area contributed by atoms with Crippen molar-refractivity contribution in [2.45, 2.75) is 108 Å². The summed E-state index contributed by atoms with van der Waals surface area (Å²) in [5, 5.41) is 1.04. The predicted octanol–water partition coefficient (Wildman–Crippen LogP) is 6.46. The summed E-state index contributed by atoms with van der Waals surface area (Å²) in [5.41, 5.74) is 0.437. The molecule has 254 valence electrons. The van der Waals surface area contributed by atoms with Crippen molar-refractivity contribution >= 4 is 31.5 Å². The molecule has 8 nitrogen and oxygen atoms in total. The van der Waals surface area contributed by atoms with Crippen LogP contribution in [0.1, 0.15) is 93.4 Å². The standard InChI is InChI=1S/C33H44F3N3O5S2/c1-6-45(41,42)26-15-12-24(13-16-26)20-37-31(40)27-21-39(29(22(27)2)18-23-10-8-7-9-11-23)25-14-17-30(28(19-25)33(34,35)36)46(43,44)38-32(3,4)5/h12-16,19,21,23,30,38H,6-11,17-18,20H2,1-5H3,(H,37,40). The average molecular weight is 684 g/mol. The van der Waals surface area contributed by atoms with Crippen LogP contribution >= 0.6 is 0 Å². The van der Waals surface area contributed by atoms with Gasteiger partial charge in [0.05, 0.1) is 21.8 Å². The molecule has 1 aromatic heterocycles. The number of aromatic nitrogens is 1. The molecule has 2 aromatic rings. The highest BCUT2D eigenvalue weighted by Crippen LogP contribution is 2.39. The van der Waals surface area contributed by atoms with Crippen LogP contribution in [0.3, 0.4) is 0 Å². The number of rotatable bonds is 10. The Balaban J connectivity index is 1.67. The van der Waals surface area contributed by atoms with Gasteiger partial charge in [-0.05, 0) is 75.8 Å². The molecule has 2 N–H and O–H groups in total. The zero-order valence-electron chi connectivity index (χ0n) is 27.0. The van der Waals surface area contributed by atoms with Gasteiger partial charge in [0.15, 0.2) is 9.84 Å². The largest absolute Gasteiger partial charge is 0.414 e. The van der Waals surface area contributed by atoms with Gasteiger partial charge in [0.25, 0.3) is 5.91 Å². The summed E-state index contributed by atoms with van der Waals surface area (Å²) in [7, 11) is -7.72. The van der Waals surface area contributed by atoms with Crippen molar-refractivity contribution < 1.29 is 34.8 Å². The first-order valence-corrected chi connectivity index (χ1v) is 18.8. The van der Waals surface area contributed by atoms with Crippen molar-refractivity contribution in [3.05, 3.63) is 70.6 Å². The number of sulfonamides is 1. The molecule has 2 aliphatic carbocycles. The molecule has 0 bridgehead atoms. The molecule has 0 radical (unpaired) electrons. The van der Waals surface area contributed by atoms with Crippen LogP contribution in [0.2, 0.25) is 0 Å². The van der Waals surface area contributed by atoms with E-state index in [-0.39, 0.29) is 29.3 Å². The fraction of sp³-hybridized carbons (Fsp3) is 0.545. The van der Waals surface area contributed by atoms with Crippen molar-refractivity contribution in [2.24, 2.45) is 5.92 Å². The number of allylic oxidation sites excluding steroid dienone is 3. The van der Waals surface area contributed by atoms with Crippen LogP contribution < -0.4 is 10.0 Å². The van der Waals surface area contributed by atoms with E-state index in [0.717, 1.165) is 43.9 Å². The lowest BCUT2D eigenvalue weighted by molar-refractivity contribution is -0.0936. The van der Waals surface area contributed by atoms with E-state index in [1.807, 2.05) is 0 Å². The zero-order valence-corrected chi connectivity index (χ0v) is 28.6. The molecule has 1 fully saturated rings. The Morgan fingerprint density at radius 3 is 2.20 bits per heavy atom. The van der Waals surface area contributed by atoms with Gasteiger partial charge in [-0.3, -0.25) is 4.79 Å². The number of nitrogens with one attached hydrogen (secondary N) is 2. The molecular weight excluding hydrogens is 640 g/mol. The maximum atomic E-state index is 14.4. The Morgan fingerprint density at radius 2 is 1.63 bits per heavy atom. The van der Waals surface area contributed by atoms with Crippen LogP contribution in [0.5, 0.6) is 0 Å². The number of halogens is 3. The minimum absolute atomic E-state index is 0.0249. The SMILES string of the molecule is CCS(=O)(=O)c1ccc(CNC(=O)c2cn(C3=CCC(S(=O)(=O)NC(C)(C)C)C(C(F)(F)F)=C3)c(CC3CCCCC3)c2C)cc1. The fourth-order valence-corrected chi connectivity index (χ4v) is 8.93. The van der Waals surface area contributed by atoms with Crippen LogP contribution in [0.15, 0.2) is 53.1 Å². The number of hydrogen-bond donors (Lipinski definition) is 2. The Labute approximate surface area is 270 Å². The second-order valence-electron chi connectivity index (χ2n) is 13.3. The van der Waals surface area contributed by atoms with E-state index in [0.29, 0.717) is 29.0 Å². The van der Waals surface area contributed by atoms with Gasteiger partial charge in [-0.25, -0.2) is 21.6 Å². The van der Waals surface area contributed by atoms with Crippen molar-refractivity contribution in [1.82, 2.24) is 14.6 Å². The molecule has 1 saturated carbocycles. The Hall–Kier alpha value is -2.90. The Kier molecular flexibility index (Phi) is 10.7. The van der Waals surface area contributed by atoms with Gasteiger partial charge < -0.3 is 9.88 Å². The fourth-order valence-electron chi connectivity index (χ4n) is 6.16. The molecule has 0 spiro atoms. The third kappa shape index (κ3) is 8.51. The van der Waals surface area contributed by atoms with Gasteiger partial charge in [-0.1, -0.05) is 57.2 Å². The van der Waals surface area contributed by atoms with Gasteiger partial charge >= 0.3 is 6.18 Å². The second kappa shape index (κ2) is 13.7. The molecule has 13 heteroatoms. The second-order valence-corrected chi connectivity index (χ2v) is 17.4. The predicted molar refractivity (Wildman–Crippen MR) is 173 cm³/mol. The molecule has 1 amide bonds. The van der Waals surface area contributed by atoms with E-state index in [1.54, 1.807) is 51.3 Å². The summed E-state index contributed by atoms with van der Waals surface area (Å²) < 4.78 is 97.6. The first-order valence-electron chi connectivity index (χ1n) is 15.6. The third-order valence-corrected chi connectivity index (χ3v) is 12.4. The molecule has 4 rings (SSSR count). The van der Waals surface area contributed by atoms with Gasteiger partial charge in [-0.15, -0.1) is 0 Å². The van der Waals surface area contributed by atoms with Gasteiger partial charge in [0.2, 0.25) is 10.0 Å². The van der Waals surface area contributed by atoms with E-state index in [4.69, 9.17) is 0 Å². The van der Waals surface area contributed by atoms with Crippen LogP contribution in [0.4, 0.5) is 13.2 Å². The maximum Gasteiger partial charge on any atom is 0.414 e. The number of nitrogens with zero attached hydrogens (tertiary/aromatic N) is 1. The normalized spacial score (nSPS) is 18.7. The summed E-state index contributed by atoms with van der Waals surface area (Å²) in [6, 6.07) is 6.25. The van der Waals surface area contributed by atoms with Crippen molar-refractivity contribution in [1.29, 1.82) is 0 Å². The summed E-state index contributed by atoms with van der Waals surface area (Å²) >= 11 is 0. The minimum atomic E-state index is -4.89. The number of carbonyl (C=O) groups is 1. The van der Waals surface area contributed by atoms with E-state index in [2.05, 4.69) is 10.0 Å². The first-order chi connectivity index (χ1) is 21.3. The molecule has 46 heavy (non-hydrogen) atoms. The highest BCUT2D eigenvalue weighted by atomic mass is 32.2. The van der Waals surface area contributed by atoms with E-state index in [1.165, 1.54) is 24.4 Å². The zero-order chi connectivity index (χ0) is 34.1. The number of alkyl halides is 3. The summed E-state index contributed by atoms with van der Waals surface area (Å²) in [6.45, 7) is 8.19. The van der Waals surface area contributed by atoms with Crippen LogP contribution in [-0.2, 0) is 32.8 Å². The van der Waals surface area contributed by atoms with Crippen molar-refractivity contribution in [3.8, 4) is 0 Å². The Morgan fingerprint density at radius 1 is 1.00 bits per heavy atom. The monoisotopic (exact) mass is 683 g/mol. The number of carbonyl (C=O) groups excluding carboxylic acids is 1. The lowest BCUT2D eigenvalue weighted by Crippen LogP contribution is -2.47. The number of hydrogen-bond acceptors (Lipinski definition) is 5. The van der Waals surface area contributed by atoms with Crippen LogP contribution in [0.25, 0.3) is 5.70 Å². The third-order valence-electron chi connectivity index (χ3n) is 8.57. The molecule has 1 heterocycles. The number of amides is 1. The minimum Gasteiger partial charge on any atom is -0.348 e. The highest BCUT2D eigenvalue weighted by molar-refractivity contribution is 7.91. The van der Waals surface area contributed by atoms with E-state index >= 15 is 0 Å². The Bertz CT molecular complexity index is 1710. The highest BCUT2D eigenvalue weighted by Gasteiger charge is 2.46. The molecule has 1 unspecified atom stereocenters. The topological polar surface area (TPSA) is 114 Å². The summed E-state index contributed by atoms with van der Waals surface area (Å²) in [6.07, 6.45) is 4.48. The lowest BCUT2D eigenvalue weighted by Gasteiger charge is -2.30. The average Bonchev–Trinajstić information content (AvgIpc) is 3.30. The number of sulfone groups is 1. The lowest BCUT2D eigenvalue weighted by atomic mass is 9.85. The van der Waals surface area contributed by atoms with Crippen molar-refractivity contribution in [3.63, 3.8) is 0 Å². The van der Waals surface area contributed by atoms with Gasteiger partial charge in [-0.2, -0.15) is 13.2 Å². The maximum absolute atomic E-state index is 14.4. The van der Waals surface area contributed by atoms with E-state index < -0.39 is 48.3 Å². The first kappa shape index (κ1) is 35.9. The van der Waals surface area contributed by atoms with Crippen LogP contribution in [0, 0.1) is 12.8 Å². The smallest absolute Gasteiger partial charge is 0.348 e. The molecule has 0 aliphatic heterocycles. The summed E-state index contributed by atoms with van der Waals surface area (Å²) in [5.74, 6) is -0.130. The molecule has 2 aliphatic rings. The van der Waals surface area contributed by atoms with Gasteiger partial charge in [0, 0.05) is 29.7 Å². The molecular formula is C33H44F3N3O5S2. The summed E-state index contributed by atoms with van der Waals surface area (Å²) in [4.78, 5) is 13.7. The van der Waals surface area contributed by atoms with Crippen molar-refractivity contribution in [2.75, 3.05) is 5.75 Å². The molecule has 1 atom stereocenters. The quantitative estimate of drug-likeness (QED) is 0.298. The number of benzene rings is 1. The van der Waals surface area contributed by atoms with E-state index in [9.17, 15) is 34.8 Å². The van der Waals surface area contributed by atoms with Gasteiger partial charge in [0.1, 0.15) is 5.25 Å². The van der Waals surface area contributed by atoms with Crippen LogP contribution in [-0.4, -0.2) is 50.0 Å². The molecule has 0 saturated heterocycles.